The predicted octanol–water partition coefficient (Wildman–Crippen LogP) is 2.24. The molecule has 2 N–H and O–H groups in total. The van der Waals surface area contributed by atoms with Crippen LogP contribution >= 0.6 is 12.2 Å². The van der Waals surface area contributed by atoms with Crippen molar-refractivity contribution in [2.75, 3.05) is 0 Å². The van der Waals surface area contributed by atoms with Gasteiger partial charge in [-0.1, -0.05) is 20.8 Å². The molecule has 1 aromatic heterocycles. The van der Waals surface area contributed by atoms with Crippen LogP contribution in [0.25, 0.3) is 0 Å². The summed E-state index contributed by atoms with van der Waals surface area (Å²) in [6.45, 7) is 6.04. The van der Waals surface area contributed by atoms with E-state index in [4.69, 9.17) is 17.3 Å². The van der Waals surface area contributed by atoms with Gasteiger partial charge in [0.15, 0.2) is 4.77 Å². The maximum Gasteiger partial charge on any atom is 0.323 e. The highest BCUT2D eigenvalue weighted by Crippen LogP contribution is 2.36. The maximum absolute atomic E-state index is 12.3. The van der Waals surface area contributed by atoms with Gasteiger partial charge >= 0.3 is 5.97 Å². The number of hydrogen-bond acceptors (Lipinski definition) is 3. The monoisotopic (exact) mass is 296 g/mol. The number of aromatic nitrogens is 2. The molecule has 0 bridgehead atoms. The second-order valence-electron chi connectivity index (χ2n) is 6.29. The molecular weight excluding hydrogens is 276 g/mol. The summed E-state index contributed by atoms with van der Waals surface area (Å²) in [7, 11) is 0. The number of H-pyrrole nitrogens is 1. The average molecular weight is 296 g/mol. The number of carboxylic acids is 1. The normalized spacial score (nSPS) is 21.1. The molecule has 1 atom stereocenters. The van der Waals surface area contributed by atoms with Crippen LogP contribution in [0.15, 0.2) is 4.79 Å². The van der Waals surface area contributed by atoms with Crippen LogP contribution in [0, 0.1) is 10.7 Å². The van der Waals surface area contributed by atoms with Crippen LogP contribution in [0.4, 0.5) is 0 Å². The molecule has 0 saturated heterocycles. The quantitative estimate of drug-likeness (QED) is 0.648. The lowest BCUT2D eigenvalue weighted by atomic mass is 9.79. The number of hydrogen-bond donors (Lipinski definition) is 2. The molecule has 0 aliphatic heterocycles. The Morgan fingerprint density at radius 2 is 2.20 bits per heavy atom. The van der Waals surface area contributed by atoms with Gasteiger partial charge in [-0.05, 0) is 42.8 Å². The maximum atomic E-state index is 12.3. The van der Waals surface area contributed by atoms with Crippen molar-refractivity contribution in [2.24, 2.45) is 5.92 Å². The van der Waals surface area contributed by atoms with E-state index >= 15 is 0 Å². The average Bonchev–Trinajstić information content (AvgIpc) is 2.39. The Morgan fingerprint density at radius 1 is 1.55 bits per heavy atom. The molecule has 0 fully saturated rings. The largest absolute Gasteiger partial charge is 0.480 e. The summed E-state index contributed by atoms with van der Waals surface area (Å²) >= 11 is 5.14. The SMILES string of the molecule is CC1CCc2c(c(=O)[nH]c(=S)n2CC(=O)O)C(C)(C)C1. The number of nitrogens with zero attached hydrogens (tertiary/aromatic N) is 1. The minimum Gasteiger partial charge on any atom is -0.480 e. The minimum absolute atomic E-state index is 0.175. The first-order chi connectivity index (χ1) is 9.22. The highest BCUT2D eigenvalue weighted by Gasteiger charge is 2.33. The van der Waals surface area contributed by atoms with E-state index in [0.717, 1.165) is 18.5 Å². The van der Waals surface area contributed by atoms with Crippen LogP contribution in [-0.4, -0.2) is 20.6 Å². The topological polar surface area (TPSA) is 75.1 Å². The van der Waals surface area contributed by atoms with E-state index in [9.17, 15) is 9.59 Å². The fourth-order valence-corrected chi connectivity index (χ4v) is 3.60. The van der Waals surface area contributed by atoms with Gasteiger partial charge in [0.05, 0.1) is 0 Å². The Morgan fingerprint density at radius 3 is 2.80 bits per heavy atom. The summed E-state index contributed by atoms with van der Waals surface area (Å²) in [5.74, 6) is -0.464. The Bertz CT molecular complexity index is 657. The third-order valence-corrected chi connectivity index (χ3v) is 4.33. The first-order valence-electron chi connectivity index (χ1n) is 6.80. The van der Waals surface area contributed by atoms with Crippen molar-refractivity contribution in [1.29, 1.82) is 0 Å². The predicted molar refractivity (Wildman–Crippen MR) is 78.7 cm³/mol. The van der Waals surface area contributed by atoms with Crippen LogP contribution in [0.3, 0.4) is 0 Å². The summed E-state index contributed by atoms with van der Waals surface area (Å²) < 4.78 is 1.76. The summed E-state index contributed by atoms with van der Waals surface area (Å²) in [4.78, 5) is 26.0. The van der Waals surface area contributed by atoms with Gasteiger partial charge in [0.2, 0.25) is 0 Å². The summed E-state index contributed by atoms with van der Waals surface area (Å²) in [5.41, 5.74) is 1.03. The van der Waals surface area contributed by atoms with E-state index in [1.807, 2.05) is 13.8 Å². The molecule has 1 aliphatic rings. The third-order valence-electron chi connectivity index (χ3n) is 4.01. The van der Waals surface area contributed by atoms with Gasteiger partial charge in [-0.2, -0.15) is 0 Å². The van der Waals surface area contributed by atoms with Gasteiger partial charge in [-0.15, -0.1) is 0 Å². The highest BCUT2D eigenvalue weighted by molar-refractivity contribution is 7.71. The van der Waals surface area contributed by atoms with Gasteiger partial charge < -0.3 is 9.67 Å². The van der Waals surface area contributed by atoms with Crippen LogP contribution < -0.4 is 5.56 Å². The van der Waals surface area contributed by atoms with E-state index < -0.39 is 5.97 Å². The van der Waals surface area contributed by atoms with Crippen LogP contribution in [0.2, 0.25) is 0 Å². The van der Waals surface area contributed by atoms with E-state index in [0.29, 0.717) is 17.9 Å². The van der Waals surface area contributed by atoms with Crippen LogP contribution in [0.5, 0.6) is 0 Å². The number of carboxylic acid groups (broad SMARTS) is 1. The smallest absolute Gasteiger partial charge is 0.323 e. The molecule has 0 spiro atoms. The van der Waals surface area contributed by atoms with Crippen molar-refractivity contribution in [2.45, 2.75) is 52.0 Å². The summed E-state index contributed by atoms with van der Waals surface area (Å²) in [5, 5.41) is 9.06. The number of nitrogens with one attached hydrogen (secondary N) is 1. The van der Waals surface area contributed by atoms with E-state index in [2.05, 4.69) is 11.9 Å². The minimum atomic E-state index is -0.953. The van der Waals surface area contributed by atoms with Gasteiger partial charge in [-0.25, -0.2) is 0 Å². The first kappa shape index (κ1) is 15.0. The molecule has 5 nitrogen and oxygen atoms in total. The molecule has 1 heterocycles. The molecule has 1 unspecified atom stereocenters. The molecule has 2 rings (SSSR count). The molecule has 1 aliphatic carbocycles. The first-order valence-corrected chi connectivity index (χ1v) is 7.21. The van der Waals surface area contributed by atoms with Crippen LogP contribution in [-0.2, 0) is 23.2 Å². The van der Waals surface area contributed by atoms with Gasteiger partial charge in [0.1, 0.15) is 6.54 Å². The Kier molecular flexibility index (Phi) is 3.86. The standard InChI is InChI=1S/C14H20N2O3S/c1-8-4-5-9-11(14(2,3)6-8)12(19)15-13(20)16(9)7-10(17)18/h8H,4-7H2,1-3H3,(H,17,18)(H,15,19,20). The highest BCUT2D eigenvalue weighted by atomic mass is 32.1. The van der Waals surface area contributed by atoms with Crippen molar-refractivity contribution in [1.82, 2.24) is 9.55 Å². The van der Waals surface area contributed by atoms with Crippen molar-refractivity contribution in [3.8, 4) is 0 Å². The summed E-state index contributed by atoms with van der Waals surface area (Å²) in [6, 6.07) is 0. The van der Waals surface area contributed by atoms with Crippen molar-refractivity contribution in [3.05, 3.63) is 26.4 Å². The molecule has 110 valence electrons. The molecule has 6 heteroatoms. The lowest BCUT2D eigenvalue weighted by Crippen LogP contribution is -2.33. The molecule has 20 heavy (non-hydrogen) atoms. The Balaban J connectivity index is 2.74. The van der Waals surface area contributed by atoms with E-state index in [-0.39, 0.29) is 22.3 Å². The molecule has 0 radical (unpaired) electrons. The van der Waals surface area contributed by atoms with Gasteiger partial charge in [0.25, 0.3) is 5.56 Å². The number of aromatic amines is 1. The van der Waals surface area contributed by atoms with Crippen molar-refractivity contribution < 1.29 is 9.90 Å². The fourth-order valence-electron chi connectivity index (χ4n) is 3.33. The third kappa shape index (κ3) is 2.70. The number of carbonyl (C=O) groups is 1. The number of fused-ring (bicyclic) bond motifs is 1. The lowest BCUT2D eigenvalue weighted by Gasteiger charge is -2.27. The Hall–Kier alpha value is -1.43. The number of rotatable bonds is 2. The van der Waals surface area contributed by atoms with E-state index in [1.165, 1.54) is 0 Å². The van der Waals surface area contributed by atoms with Crippen molar-refractivity contribution >= 4 is 18.2 Å². The van der Waals surface area contributed by atoms with E-state index in [1.54, 1.807) is 4.57 Å². The molecule has 0 amide bonds. The molecule has 0 saturated carbocycles. The summed E-state index contributed by atoms with van der Waals surface area (Å²) in [6.07, 6.45) is 2.54. The second kappa shape index (κ2) is 5.16. The number of aliphatic carboxylic acids is 1. The zero-order valence-corrected chi connectivity index (χ0v) is 12.8. The molecule has 1 aromatic rings. The van der Waals surface area contributed by atoms with Gasteiger partial charge in [0, 0.05) is 11.3 Å². The molecular formula is C14H20N2O3S. The van der Waals surface area contributed by atoms with Gasteiger partial charge in [-0.3, -0.25) is 14.6 Å². The fraction of sp³-hybridized carbons (Fsp3) is 0.643. The zero-order chi connectivity index (χ0) is 15.1. The molecule has 0 aromatic carbocycles. The second-order valence-corrected chi connectivity index (χ2v) is 6.68. The zero-order valence-electron chi connectivity index (χ0n) is 12.0. The van der Waals surface area contributed by atoms with Crippen LogP contribution in [0.1, 0.15) is 44.9 Å². The van der Waals surface area contributed by atoms with Crippen molar-refractivity contribution in [3.63, 3.8) is 0 Å². The Labute approximate surface area is 122 Å². The lowest BCUT2D eigenvalue weighted by molar-refractivity contribution is -0.137.